The van der Waals surface area contributed by atoms with Gasteiger partial charge in [-0.05, 0) is 40.1 Å². The number of nitrogens with one attached hydrogen (secondary N) is 1. The molecule has 9 heteroatoms. The Morgan fingerprint density at radius 1 is 1.13 bits per heavy atom. The first-order chi connectivity index (χ1) is 14.8. The zero-order valence-corrected chi connectivity index (χ0v) is 17.0. The van der Waals surface area contributed by atoms with Crippen LogP contribution in [0.15, 0.2) is 53.1 Å². The number of tetrazole rings is 1. The van der Waals surface area contributed by atoms with Crippen LogP contribution in [0, 0.1) is 0 Å². The molecule has 0 aliphatic carbocycles. The molecule has 150 valence electrons. The van der Waals surface area contributed by atoms with Crippen molar-refractivity contribution in [1.29, 1.82) is 0 Å². The van der Waals surface area contributed by atoms with Crippen molar-refractivity contribution in [3.05, 3.63) is 70.5 Å². The molecule has 0 saturated carbocycles. The summed E-state index contributed by atoms with van der Waals surface area (Å²) in [6, 6.07) is 14.5. The van der Waals surface area contributed by atoms with E-state index in [1.165, 1.54) is 16.0 Å². The second-order valence-corrected chi connectivity index (χ2v) is 8.50. The predicted molar refractivity (Wildman–Crippen MR) is 114 cm³/mol. The van der Waals surface area contributed by atoms with Crippen LogP contribution >= 0.6 is 11.3 Å². The Hall–Kier alpha value is -3.30. The van der Waals surface area contributed by atoms with Gasteiger partial charge in [-0.3, -0.25) is 4.90 Å². The van der Waals surface area contributed by atoms with E-state index < -0.39 is 0 Å². The monoisotopic (exact) mass is 417 g/mol. The van der Waals surface area contributed by atoms with Crippen LogP contribution in [0.3, 0.4) is 0 Å². The number of benzene rings is 1. The Kier molecular flexibility index (Phi) is 4.21. The number of thiophene rings is 1. The van der Waals surface area contributed by atoms with Gasteiger partial charge < -0.3 is 9.73 Å². The van der Waals surface area contributed by atoms with E-state index in [0.29, 0.717) is 12.3 Å². The maximum atomic E-state index is 5.46. The van der Waals surface area contributed by atoms with Gasteiger partial charge in [-0.1, -0.05) is 35.4 Å². The number of hydrogen-bond acceptors (Lipinski definition) is 8. The van der Waals surface area contributed by atoms with E-state index in [1.54, 1.807) is 22.1 Å². The van der Waals surface area contributed by atoms with Gasteiger partial charge in [0, 0.05) is 24.5 Å². The summed E-state index contributed by atoms with van der Waals surface area (Å²) in [5, 5.41) is 16.6. The number of anilines is 1. The van der Waals surface area contributed by atoms with Crippen molar-refractivity contribution in [2.75, 3.05) is 11.9 Å². The van der Waals surface area contributed by atoms with E-state index in [9.17, 15) is 0 Å². The highest BCUT2D eigenvalue weighted by Gasteiger charge is 2.25. The van der Waals surface area contributed by atoms with Crippen LogP contribution in [0.25, 0.3) is 16.0 Å². The average molecular weight is 417 g/mol. The fourth-order valence-corrected chi connectivity index (χ4v) is 5.40. The van der Waals surface area contributed by atoms with E-state index in [-0.39, 0.29) is 0 Å². The van der Waals surface area contributed by atoms with Gasteiger partial charge in [-0.15, -0.1) is 11.3 Å². The maximum Gasteiger partial charge on any atom is 0.276 e. The third-order valence-electron chi connectivity index (χ3n) is 5.47. The second-order valence-electron chi connectivity index (χ2n) is 7.41. The third-order valence-corrected chi connectivity index (χ3v) is 6.66. The predicted octanol–water partition coefficient (Wildman–Crippen LogP) is 3.50. The normalized spacial score (nSPS) is 14.4. The van der Waals surface area contributed by atoms with Crippen LogP contribution < -0.4 is 5.32 Å². The van der Waals surface area contributed by atoms with Crippen LogP contribution in [-0.4, -0.2) is 36.5 Å². The molecule has 0 radical (unpaired) electrons. The lowest BCUT2D eigenvalue weighted by atomic mass is 10.0. The van der Waals surface area contributed by atoms with Gasteiger partial charge in [0.05, 0.1) is 18.2 Å². The summed E-state index contributed by atoms with van der Waals surface area (Å²) in [4.78, 5) is 9.59. The molecule has 0 spiro atoms. The van der Waals surface area contributed by atoms with Crippen molar-refractivity contribution in [2.24, 2.45) is 0 Å². The maximum absolute atomic E-state index is 5.46. The lowest BCUT2D eigenvalue weighted by Gasteiger charge is -2.27. The number of aromatic nitrogens is 5. The topological polar surface area (TPSA) is 84.4 Å². The van der Waals surface area contributed by atoms with E-state index in [4.69, 9.17) is 9.40 Å². The highest BCUT2D eigenvalue weighted by molar-refractivity contribution is 7.19. The number of nitrogens with zero attached hydrogens (tertiary/aromatic N) is 6. The van der Waals surface area contributed by atoms with Crippen molar-refractivity contribution in [2.45, 2.75) is 26.1 Å². The zero-order valence-electron chi connectivity index (χ0n) is 16.2. The molecule has 0 amide bonds. The molecule has 0 fully saturated rings. The van der Waals surface area contributed by atoms with Gasteiger partial charge in [-0.2, -0.15) is 9.50 Å². The molecule has 1 N–H and O–H groups in total. The minimum absolute atomic E-state index is 0.504. The molecule has 1 aliphatic heterocycles. The molecule has 0 saturated heterocycles. The SMILES string of the molecule is c1ccc(CN2CCc3c(sc4c3c(NCc3ccco3)nc3nnnn34)C2)cc1. The molecule has 0 atom stereocenters. The Balaban J connectivity index is 1.38. The summed E-state index contributed by atoms with van der Waals surface area (Å²) < 4.78 is 7.21. The van der Waals surface area contributed by atoms with Crippen molar-refractivity contribution in [3.8, 4) is 0 Å². The van der Waals surface area contributed by atoms with E-state index in [2.05, 4.69) is 56.1 Å². The first-order valence-electron chi connectivity index (χ1n) is 9.90. The Bertz CT molecular complexity index is 1310. The van der Waals surface area contributed by atoms with Gasteiger partial charge >= 0.3 is 0 Å². The van der Waals surface area contributed by atoms with Crippen LogP contribution in [-0.2, 0) is 26.1 Å². The molecule has 1 aliphatic rings. The number of fused-ring (bicyclic) bond motifs is 5. The number of rotatable bonds is 5. The molecular formula is C21H19N7OS. The largest absolute Gasteiger partial charge is 0.467 e. The molecule has 4 aromatic heterocycles. The highest BCUT2D eigenvalue weighted by Crippen LogP contribution is 2.38. The van der Waals surface area contributed by atoms with E-state index in [1.807, 2.05) is 12.1 Å². The lowest BCUT2D eigenvalue weighted by molar-refractivity contribution is 0.249. The van der Waals surface area contributed by atoms with Crippen LogP contribution in [0.2, 0.25) is 0 Å². The van der Waals surface area contributed by atoms with Crippen molar-refractivity contribution in [3.63, 3.8) is 0 Å². The Morgan fingerprint density at radius 3 is 2.93 bits per heavy atom. The van der Waals surface area contributed by atoms with Crippen LogP contribution in [0.1, 0.15) is 21.8 Å². The fraction of sp³-hybridized carbons (Fsp3) is 0.238. The molecule has 30 heavy (non-hydrogen) atoms. The standard InChI is InChI=1S/C21H19N7OS/c1-2-5-14(6-3-1)12-27-9-8-16-17(13-27)30-20-18(16)19(22-11-15-7-4-10-29-15)23-21-24-25-26-28(20)21/h1-7,10H,8-9,11-13H2,(H,22,23,24,26). The molecule has 5 heterocycles. The van der Waals surface area contributed by atoms with Crippen molar-refractivity contribution < 1.29 is 4.42 Å². The first-order valence-corrected chi connectivity index (χ1v) is 10.7. The fourth-order valence-electron chi connectivity index (χ4n) is 4.06. The third kappa shape index (κ3) is 3.03. The smallest absolute Gasteiger partial charge is 0.276 e. The minimum atomic E-state index is 0.504. The first kappa shape index (κ1) is 17.5. The minimum Gasteiger partial charge on any atom is -0.467 e. The van der Waals surface area contributed by atoms with Gasteiger partial charge in [0.25, 0.3) is 5.78 Å². The Morgan fingerprint density at radius 2 is 2.07 bits per heavy atom. The summed E-state index contributed by atoms with van der Waals surface area (Å²) in [7, 11) is 0. The Labute approximate surface area is 176 Å². The highest BCUT2D eigenvalue weighted by atomic mass is 32.1. The molecule has 8 nitrogen and oxygen atoms in total. The summed E-state index contributed by atoms with van der Waals surface area (Å²) in [5.74, 6) is 2.18. The number of hydrogen-bond donors (Lipinski definition) is 1. The zero-order chi connectivity index (χ0) is 19.9. The summed E-state index contributed by atoms with van der Waals surface area (Å²) in [5.41, 5.74) is 2.69. The van der Waals surface area contributed by atoms with Gasteiger partial charge in [0.15, 0.2) is 0 Å². The van der Waals surface area contributed by atoms with Crippen molar-refractivity contribution >= 4 is 33.1 Å². The van der Waals surface area contributed by atoms with Gasteiger partial charge in [0.1, 0.15) is 16.4 Å². The van der Waals surface area contributed by atoms with E-state index in [0.717, 1.165) is 47.8 Å². The molecule has 0 unspecified atom stereocenters. The number of furan rings is 1. The lowest BCUT2D eigenvalue weighted by Crippen LogP contribution is -2.29. The van der Waals surface area contributed by atoms with Gasteiger partial charge in [0.2, 0.25) is 0 Å². The van der Waals surface area contributed by atoms with Crippen LogP contribution in [0.5, 0.6) is 0 Å². The molecule has 6 rings (SSSR count). The summed E-state index contributed by atoms with van der Waals surface area (Å²) in [6.07, 6.45) is 2.66. The molecular weight excluding hydrogens is 398 g/mol. The quantitative estimate of drug-likeness (QED) is 0.468. The summed E-state index contributed by atoms with van der Waals surface area (Å²) >= 11 is 1.76. The molecule has 0 bridgehead atoms. The second kappa shape index (κ2) is 7.19. The van der Waals surface area contributed by atoms with Crippen molar-refractivity contribution in [1.82, 2.24) is 29.9 Å². The molecule has 5 aromatic rings. The van der Waals surface area contributed by atoms with E-state index >= 15 is 0 Å². The average Bonchev–Trinajstić information content (AvgIpc) is 3.51. The molecule has 1 aromatic carbocycles. The van der Waals surface area contributed by atoms with Gasteiger partial charge in [-0.25, -0.2) is 0 Å². The van der Waals surface area contributed by atoms with Crippen LogP contribution in [0.4, 0.5) is 5.82 Å². The summed E-state index contributed by atoms with van der Waals surface area (Å²) in [6.45, 7) is 3.46.